The lowest BCUT2D eigenvalue weighted by Gasteiger charge is -2.26. The number of nitrogens with zero attached hydrogens (tertiary/aromatic N) is 1. The van der Waals surface area contributed by atoms with Crippen LogP contribution in [0.25, 0.3) is 0 Å². The van der Waals surface area contributed by atoms with Gasteiger partial charge in [0.05, 0.1) is 5.56 Å². The lowest BCUT2D eigenvalue weighted by molar-refractivity contribution is -0.123. The number of fused-ring (bicyclic) bond motifs is 1. The molecule has 0 aliphatic carbocycles. The molecule has 33 heavy (non-hydrogen) atoms. The van der Waals surface area contributed by atoms with E-state index in [1.54, 1.807) is 18.2 Å². The second-order valence-corrected chi connectivity index (χ2v) is 9.62. The molecule has 1 fully saturated rings. The minimum Gasteiger partial charge on any atom is -0.454 e. The molecule has 0 spiro atoms. The zero-order valence-corrected chi connectivity index (χ0v) is 18.7. The third kappa shape index (κ3) is 4.93. The Hall–Kier alpha value is -3.18. The van der Waals surface area contributed by atoms with E-state index >= 15 is 0 Å². The van der Waals surface area contributed by atoms with Crippen LogP contribution in [0.3, 0.4) is 0 Å². The number of hydrogen-bond donors (Lipinski definition) is 1. The van der Waals surface area contributed by atoms with Gasteiger partial charge in [-0.2, -0.15) is 4.31 Å². The lowest BCUT2D eigenvalue weighted by atomic mass is 10.2. The third-order valence-corrected chi connectivity index (χ3v) is 7.31. The summed E-state index contributed by atoms with van der Waals surface area (Å²) in [4.78, 5) is 24.4. The average molecular weight is 478 g/mol. The van der Waals surface area contributed by atoms with E-state index < -0.39 is 38.7 Å². The summed E-state index contributed by atoms with van der Waals surface area (Å²) in [5.74, 6) is -1.47. The second kappa shape index (κ2) is 9.36. The number of hydrogen-bond acceptors (Lipinski definition) is 7. The van der Waals surface area contributed by atoms with E-state index in [9.17, 15) is 22.4 Å². The van der Waals surface area contributed by atoms with Crippen molar-refractivity contribution in [1.82, 2.24) is 4.31 Å². The van der Waals surface area contributed by atoms with Gasteiger partial charge >= 0.3 is 5.97 Å². The third-order valence-electron chi connectivity index (χ3n) is 5.39. The van der Waals surface area contributed by atoms with Crippen molar-refractivity contribution in [2.75, 3.05) is 25.2 Å². The van der Waals surface area contributed by atoms with Crippen molar-refractivity contribution in [3.63, 3.8) is 0 Å². The fourth-order valence-electron chi connectivity index (χ4n) is 3.57. The number of carbonyl (C=O) groups excluding carboxylic acids is 2. The van der Waals surface area contributed by atoms with E-state index in [1.165, 1.54) is 11.2 Å². The van der Waals surface area contributed by atoms with Crippen LogP contribution in [0.4, 0.5) is 10.1 Å². The standard InChI is InChI=1S/C22H23FN2O7S/c1-14(21(26)24-16-6-8-18-19(12-16)31-13-30-18)32-22(27)15-5-7-17(23)20(11-15)33(28,29)25-9-3-2-4-10-25/h5-8,11-12,14H,2-4,9-10,13H2,1H3,(H,24,26). The first-order valence-electron chi connectivity index (χ1n) is 10.5. The van der Waals surface area contributed by atoms with Crippen molar-refractivity contribution in [2.45, 2.75) is 37.2 Å². The topological polar surface area (TPSA) is 111 Å². The van der Waals surface area contributed by atoms with Gasteiger partial charge in [-0.25, -0.2) is 17.6 Å². The molecule has 1 N–H and O–H groups in total. The van der Waals surface area contributed by atoms with Gasteiger partial charge in [-0.05, 0) is 50.1 Å². The van der Waals surface area contributed by atoms with E-state index in [4.69, 9.17) is 14.2 Å². The molecule has 1 atom stereocenters. The fraction of sp³-hybridized carbons (Fsp3) is 0.364. The van der Waals surface area contributed by atoms with E-state index in [0.29, 0.717) is 43.1 Å². The summed E-state index contributed by atoms with van der Waals surface area (Å²) in [5.41, 5.74) is 0.249. The van der Waals surface area contributed by atoms with Crippen molar-refractivity contribution in [1.29, 1.82) is 0 Å². The Morgan fingerprint density at radius 1 is 1.06 bits per heavy atom. The van der Waals surface area contributed by atoms with Gasteiger partial charge in [-0.1, -0.05) is 6.42 Å². The number of esters is 1. The Morgan fingerprint density at radius 3 is 2.55 bits per heavy atom. The Bertz CT molecular complexity index is 1180. The van der Waals surface area contributed by atoms with E-state index in [2.05, 4.69) is 5.32 Å². The number of anilines is 1. The minimum absolute atomic E-state index is 0.0912. The molecule has 2 aliphatic rings. The van der Waals surface area contributed by atoms with E-state index in [-0.39, 0.29) is 12.4 Å². The molecule has 0 bridgehead atoms. The molecule has 2 aromatic rings. The summed E-state index contributed by atoms with van der Waals surface area (Å²) >= 11 is 0. The highest BCUT2D eigenvalue weighted by Crippen LogP contribution is 2.34. The van der Waals surface area contributed by atoms with Crippen LogP contribution in [0.1, 0.15) is 36.5 Å². The highest BCUT2D eigenvalue weighted by molar-refractivity contribution is 7.89. The van der Waals surface area contributed by atoms with E-state index in [0.717, 1.165) is 24.6 Å². The minimum atomic E-state index is -4.09. The van der Waals surface area contributed by atoms with Crippen LogP contribution in [0, 0.1) is 5.82 Å². The number of piperidine rings is 1. The zero-order chi connectivity index (χ0) is 23.6. The monoisotopic (exact) mass is 478 g/mol. The Morgan fingerprint density at radius 2 is 1.79 bits per heavy atom. The molecule has 9 nitrogen and oxygen atoms in total. The molecular weight excluding hydrogens is 455 g/mol. The Labute approximate surface area is 190 Å². The van der Waals surface area contributed by atoms with Crippen LogP contribution < -0.4 is 14.8 Å². The first-order valence-corrected chi connectivity index (χ1v) is 11.9. The normalized spacial score (nSPS) is 16.8. The average Bonchev–Trinajstić information content (AvgIpc) is 3.27. The molecule has 0 saturated carbocycles. The van der Waals surface area contributed by atoms with Gasteiger partial charge in [0.2, 0.25) is 16.8 Å². The predicted molar refractivity (Wildman–Crippen MR) is 115 cm³/mol. The summed E-state index contributed by atoms with van der Waals surface area (Å²) in [6.07, 6.45) is 1.10. The number of nitrogens with one attached hydrogen (secondary N) is 1. The number of sulfonamides is 1. The van der Waals surface area contributed by atoms with Crippen LogP contribution >= 0.6 is 0 Å². The highest BCUT2D eigenvalue weighted by Gasteiger charge is 2.30. The number of carbonyl (C=O) groups is 2. The molecule has 176 valence electrons. The van der Waals surface area contributed by atoms with Crippen molar-refractivity contribution in [2.24, 2.45) is 0 Å². The van der Waals surface area contributed by atoms with Gasteiger partial charge < -0.3 is 19.5 Å². The maximum absolute atomic E-state index is 14.4. The van der Waals surface area contributed by atoms with Crippen LogP contribution in [0.2, 0.25) is 0 Å². The van der Waals surface area contributed by atoms with Crippen molar-refractivity contribution < 1.29 is 36.6 Å². The number of benzene rings is 2. The van der Waals surface area contributed by atoms with Crippen molar-refractivity contribution in [3.8, 4) is 11.5 Å². The smallest absolute Gasteiger partial charge is 0.338 e. The molecule has 2 aromatic carbocycles. The first kappa shape index (κ1) is 23.0. The number of ether oxygens (including phenoxy) is 3. The quantitative estimate of drug-likeness (QED) is 0.636. The van der Waals surface area contributed by atoms with Gasteiger partial charge in [0.1, 0.15) is 10.7 Å². The first-order chi connectivity index (χ1) is 15.8. The molecule has 4 rings (SSSR count). The lowest BCUT2D eigenvalue weighted by Crippen LogP contribution is -2.36. The Balaban J connectivity index is 1.44. The zero-order valence-electron chi connectivity index (χ0n) is 17.9. The summed E-state index contributed by atoms with van der Waals surface area (Å²) in [7, 11) is -4.09. The van der Waals surface area contributed by atoms with Crippen LogP contribution in [-0.2, 0) is 19.6 Å². The van der Waals surface area contributed by atoms with Crippen molar-refractivity contribution >= 4 is 27.6 Å². The van der Waals surface area contributed by atoms with Gasteiger partial charge in [0.25, 0.3) is 5.91 Å². The molecule has 2 heterocycles. The Kier molecular flexibility index (Phi) is 6.52. The van der Waals surface area contributed by atoms with E-state index in [1.807, 2.05) is 0 Å². The maximum Gasteiger partial charge on any atom is 0.338 e. The number of rotatable bonds is 6. The summed E-state index contributed by atoms with van der Waals surface area (Å²) in [6.45, 7) is 2.06. The molecule has 1 unspecified atom stereocenters. The maximum atomic E-state index is 14.4. The largest absolute Gasteiger partial charge is 0.454 e. The summed E-state index contributed by atoms with van der Waals surface area (Å²) < 4.78 is 56.9. The highest BCUT2D eigenvalue weighted by atomic mass is 32.2. The van der Waals surface area contributed by atoms with Crippen LogP contribution in [-0.4, -0.2) is 50.6 Å². The van der Waals surface area contributed by atoms with Gasteiger partial charge in [-0.15, -0.1) is 0 Å². The summed E-state index contributed by atoms with van der Waals surface area (Å²) in [6, 6.07) is 7.80. The fourth-order valence-corrected chi connectivity index (χ4v) is 5.18. The van der Waals surface area contributed by atoms with Crippen LogP contribution in [0.15, 0.2) is 41.3 Å². The predicted octanol–water partition coefficient (Wildman–Crippen LogP) is 2.91. The molecule has 1 amide bonds. The second-order valence-electron chi connectivity index (χ2n) is 7.71. The number of amides is 1. The summed E-state index contributed by atoms with van der Waals surface area (Å²) in [5, 5.41) is 2.60. The molecular formula is C22H23FN2O7S. The SMILES string of the molecule is CC(OC(=O)c1ccc(F)c(S(=O)(=O)N2CCCCC2)c1)C(=O)Nc1ccc2c(c1)OCO2. The number of halogens is 1. The molecule has 11 heteroatoms. The van der Waals surface area contributed by atoms with Gasteiger partial charge in [0, 0.05) is 24.8 Å². The van der Waals surface area contributed by atoms with Gasteiger partial charge in [-0.3, -0.25) is 4.79 Å². The molecule has 1 saturated heterocycles. The molecule has 0 aromatic heterocycles. The molecule has 2 aliphatic heterocycles. The molecule has 0 radical (unpaired) electrons. The van der Waals surface area contributed by atoms with Crippen molar-refractivity contribution in [3.05, 3.63) is 47.8 Å². The van der Waals surface area contributed by atoms with Gasteiger partial charge in [0.15, 0.2) is 17.6 Å². The van der Waals surface area contributed by atoms with Crippen LogP contribution in [0.5, 0.6) is 11.5 Å².